The fourth-order valence-corrected chi connectivity index (χ4v) is 4.76. The van der Waals surface area contributed by atoms with Crippen LogP contribution in [0.2, 0.25) is 0 Å². The van der Waals surface area contributed by atoms with E-state index in [2.05, 4.69) is 20.0 Å². The van der Waals surface area contributed by atoms with Gasteiger partial charge < -0.3 is 5.11 Å². The van der Waals surface area contributed by atoms with Crippen LogP contribution in [0, 0.1) is 13.8 Å². The number of β-amino-alcohol motifs (C(OH)–C–C–N with tert-alkyl or cyclic N) is 1. The van der Waals surface area contributed by atoms with E-state index in [0.717, 1.165) is 76.3 Å². The quantitative estimate of drug-likeness (QED) is 0.769. The van der Waals surface area contributed by atoms with Gasteiger partial charge in [-0.15, -0.1) is 5.10 Å². The molecule has 8 heteroatoms. The Kier molecular flexibility index (Phi) is 6.36. The van der Waals surface area contributed by atoms with Gasteiger partial charge in [0.2, 0.25) is 0 Å². The van der Waals surface area contributed by atoms with Crippen LogP contribution in [-0.2, 0) is 6.54 Å². The van der Waals surface area contributed by atoms with Gasteiger partial charge in [-0.25, -0.2) is 9.36 Å². The predicted molar refractivity (Wildman–Crippen MR) is 116 cm³/mol. The molecule has 1 saturated carbocycles. The summed E-state index contributed by atoms with van der Waals surface area (Å²) in [6.45, 7) is 9.96. The summed E-state index contributed by atoms with van der Waals surface area (Å²) in [5, 5.41) is 19.8. The highest BCUT2D eigenvalue weighted by molar-refractivity contribution is 5.23. The Morgan fingerprint density at radius 3 is 2.33 bits per heavy atom. The summed E-state index contributed by atoms with van der Waals surface area (Å²) in [6, 6.07) is 5.30. The van der Waals surface area contributed by atoms with E-state index in [1.165, 1.54) is 6.42 Å². The molecule has 0 atom stereocenters. The van der Waals surface area contributed by atoms with Crippen LogP contribution in [0.1, 0.15) is 43.5 Å². The number of piperazine rings is 1. The Bertz CT molecular complexity index is 907. The van der Waals surface area contributed by atoms with Crippen LogP contribution in [0.25, 0.3) is 5.82 Å². The molecule has 2 aliphatic rings. The number of nitrogens with zero attached hydrogens (tertiary/aromatic N) is 6. The second-order valence-corrected chi connectivity index (χ2v) is 8.99. The third kappa shape index (κ3) is 4.99. The SMILES string of the molecule is Cc1cc(C)n(-c2ccc(=O)n(CCN3CCN(CC4(O)CCCCC4)CC3)n2)n1. The van der Waals surface area contributed by atoms with Crippen molar-refractivity contribution in [2.45, 2.75) is 58.1 Å². The van der Waals surface area contributed by atoms with Gasteiger partial charge in [0, 0.05) is 51.0 Å². The molecular weight excluding hydrogens is 380 g/mol. The molecule has 2 aromatic rings. The van der Waals surface area contributed by atoms with Crippen LogP contribution < -0.4 is 5.56 Å². The topological polar surface area (TPSA) is 79.4 Å². The molecule has 0 radical (unpaired) electrons. The third-order valence-corrected chi connectivity index (χ3v) is 6.47. The highest BCUT2D eigenvalue weighted by Gasteiger charge is 2.32. The maximum atomic E-state index is 12.3. The van der Waals surface area contributed by atoms with Crippen molar-refractivity contribution in [3.8, 4) is 5.82 Å². The van der Waals surface area contributed by atoms with Crippen LogP contribution in [0.15, 0.2) is 23.0 Å². The van der Waals surface area contributed by atoms with Gasteiger partial charge in [0.1, 0.15) is 0 Å². The van der Waals surface area contributed by atoms with E-state index in [0.29, 0.717) is 12.4 Å². The number of hydrogen-bond donors (Lipinski definition) is 1. The van der Waals surface area contributed by atoms with Gasteiger partial charge in [-0.1, -0.05) is 19.3 Å². The molecule has 1 aliphatic heterocycles. The second kappa shape index (κ2) is 8.99. The van der Waals surface area contributed by atoms with Gasteiger partial charge in [0.05, 0.1) is 17.8 Å². The van der Waals surface area contributed by atoms with Gasteiger partial charge >= 0.3 is 0 Å². The highest BCUT2D eigenvalue weighted by atomic mass is 16.3. The minimum atomic E-state index is -0.485. The average molecular weight is 415 g/mol. The van der Waals surface area contributed by atoms with Crippen molar-refractivity contribution in [3.63, 3.8) is 0 Å². The maximum Gasteiger partial charge on any atom is 0.266 e. The molecular formula is C22H34N6O2. The van der Waals surface area contributed by atoms with E-state index in [-0.39, 0.29) is 5.56 Å². The first kappa shape index (κ1) is 21.2. The van der Waals surface area contributed by atoms with E-state index in [4.69, 9.17) is 0 Å². The molecule has 2 fully saturated rings. The van der Waals surface area contributed by atoms with E-state index >= 15 is 0 Å². The summed E-state index contributed by atoms with van der Waals surface area (Å²) in [6.07, 6.45) is 5.43. The molecule has 1 saturated heterocycles. The average Bonchev–Trinajstić information content (AvgIpc) is 3.07. The van der Waals surface area contributed by atoms with Gasteiger partial charge in [-0.2, -0.15) is 5.10 Å². The lowest BCUT2D eigenvalue weighted by Gasteiger charge is -2.41. The summed E-state index contributed by atoms with van der Waals surface area (Å²) in [4.78, 5) is 17.1. The zero-order valence-electron chi connectivity index (χ0n) is 18.3. The van der Waals surface area contributed by atoms with Crippen LogP contribution >= 0.6 is 0 Å². The fourth-order valence-electron chi connectivity index (χ4n) is 4.76. The molecule has 0 amide bonds. The van der Waals surface area contributed by atoms with E-state index < -0.39 is 5.60 Å². The van der Waals surface area contributed by atoms with Gasteiger partial charge in [0.15, 0.2) is 5.82 Å². The second-order valence-electron chi connectivity index (χ2n) is 8.99. The van der Waals surface area contributed by atoms with E-state index in [1.54, 1.807) is 21.5 Å². The molecule has 0 spiro atoms. The number of rotatable bonds is 6. The lowest BCUT2D eigenvalue weighted by Crippen LogP contribution is -2.53. The van der Waals surface area contributed by atoms with Gasteiger partial charge in [0.25, 0.3) is 5.56 Å². The lowest BCUT2D eigenvalue weighted by molar-refractivity contribution is -0.0356. The van der Waals surface area contributed by atoms with Crippen LogP contribution in [-0.4, -0.2) is 79.3 Å². The van der Waals surface area contributed by atoms with Gasteiger partial charge in [-0.3, -0.25) is 14.6 Å². The monoisotopic (exact) mass is 414 g/mol. The molecule has 1 N–H and O–H groups in total. The molecule has 0 aromatic carbocycles. The molecule has 0 bridgehead atoms. The zero-order valence-corrected chi connectivity index (χ0v) is 18.3. The number of hydrogen-bond acceptors (Lipinski definition) is 6. The van der Waals surface area contributed by atoms with E-state index in [9.17, 15) is 9.90 Å². The summed E-state index contributed by atoms with van der Waals surface area (Å²) >= 11 is 0. The number of aromatic nitrogens is 4. The fraction of sp³-hybridized carbons (Fsp3) is 0.682. The van der Waals surface area contributed by atoms with Gasteiger partial charge in [-0.05, 0) is 38.8 Å². The van der Waals surface area contributed by atoms with Crippen molar-refractivity contribution < 1.29 is 5.11 Å². The van der Waals surface area contributed by atoms with Crippen molar-refractivity contribution in [2.24, 2.45) is 0 Å². The first-order chi connectivity index (χ1) is 14.4. The minimum Gasteiger partial charge on any atom is -0.389 e. The summed E-state index contributed by atoms with van der Waals surface area (Å²) in [5.74, 6) is 0.672. The van der Waals surface area contributed by atoms with Crippen LogP contribution in [0.4, 0.5) is 0 Å². The summed E-state index contributed by atoms with van der Waals surface area (Å²) in [5.41, 5.74) is 1.36. The predicted octanol–water partition coefficient (Wildman–Crippen LogP) is 1.36. The zero-order chi connectivity index (χ0) is 21.1. The molecule has 1 aliphatic carbocycles. The molecule has 4 rings (SSSR count). The maximum absolute atomic E-state index is 12.3. The summed E-state index contributed by atoms with van der Waals surface area (Å²) in [7, 11) is 0. The molecule has 2 aromatic heterocycles. The standard InChI is InChI=1S/C22H34N6O2/c1-18-16-19(2)28(23-18)20-6-7-21(29)27(24-20)15-14-25-10-12-26(13-11-25)17-22(30)8-4-3-5-9-22/h6-7,16,30H,3-5,8-15,17H2,1-2H3. The van der Waals surface area contributed by atoms with Crippen molar-refractivity contribution in [3.05, 3.63) is 39.9 Å². The molecule has 0 unspecified atom stereocenters. The minimum absolute atomic E-state index is 0.0848. The molecule has 3 heterocycles. The molecule has 164 valence electrons. The Hall–Kier alpha value is -2.03. The van der Waals surface area contributed by atoms with Crippen LogP contribution in [0.3, 0.4) is 0 Å². The highest BCUT2D eigenvalue weighted by Crippen LogP contribution is 2.29. The largest absolute Gasteiger partial charge is 0.389 e. The Morgan fingerprint density at radius 1 is 0.967 bits per heavy atom. The first-order valence-corrected chi connectivity index (χ1v) is 11.2. The normalized spacial score (nSPS) is 20.5. The third-order valence-electron chi connectivity index (χ3n) is 6.47. The Labute approximate surface area is 178 Å². The number of aliphatic hydroxyl groups is 1. The Balaban J connectivity index is 1.31. The van der Waals surface area contributed by atoms with Crippen LogP contribution in [0.5, 0.6) is 0 Å². The van der Waals surface area contributed by atoms with Crippen molar-refractivity contribution >= 4 is 0 Å². The summed E-state index contributed by atoms with van der Waals surface area (Å²) < 4.78 is 3.32. The van der Waals surface area contributed by atoms with Crippen molar-refractivity contribution in [1.82, 2.24) is 29.4 Å². The smallest absolute Gasteiger partial charge is 0.266 e. The Morgan fingerprint density at radius 2 is 1.67 bits per heavy atom. The molecule has 8 nitrogen and oxygen atoms in total. The molecule has 30 heavy (non-hydrogen) atoms. The number of aryl methyl sites for hydroxylation is 2. The van der Waals surface area contributed by atoms with E-state index in [1.807, 2.05) is 19.9 Å². The van der Waals surface area contributed by atoms with Crippen molar-refractivity contribution in [2.75, 3.05) is 39.3 Å². The first-order valence-electron chi connectivity index (χ1n) is 11.2. The lowest BCUT2D eigenvalue weighted by atomic mass is 9.84. The van der Waals surface area contributed by atoms with Crippen molar-refractivity contribution in [1.29, 1.82) is 0 Å².